The van der Waals surface area contributed by atoms with Gasteiger partial charge in [0.05, 0.1) is 7.11 Å². The van der Waals surface area contributed by atoms with Crippen LogP contribution in [0.1, 0.15) is 15.9 Å². The van der Waals surface area contributed by atoms with Crippen molar-refractivity contribution in [3.05, 3.63) is 65.5 Å². The Morgan fingerprint density at radius 2 is 1.89 bits per heavy atom. The molecule has 4 heteroatoms. The molecule has 0 aliphatic rings. The average molecular weight is 255 g/mol. The Morgan fingerprint density at radius 1 is 1.16 bits per heavy atom. The van der Waals surface area contributed by atoms with E-state index in [2.05, 4.69) is 9.72 Å². The smallest absolute Gasteiger partial charge is 0.341 e. The molecule has 0 spiro atoms. The molecule has 0 bridgehead atoms. The minimum Gasteiger partial charge on any atom is -0.465 e. The molecule has 1 aromatic carbocycles. The number of hydrogen-bond acceptors (Lipinski definition) is 3. The van der Waals surface area contributed by atoms with Crippen molar-refractivity contribution in [1.82, 2.24) is 4.98 Å². The van der Waals surface area contributed by atoms with Crippen molar-refractivity contribution in [3.8, 4) is 0 Å². The van der Waals surface area contributed by atoms with Gasteiger partial charge < -0.3 is 9.72 Å². The molecule has 1 heterocycles. The third-order valence-corrected chi connectivity index (χ3v) is 2.62. The molecular formula is C15H13NO3. The maximum absolute atomic E-state index is 12.2. The molecule has 0 fully saturated rings. The lowest BCUT2D eigenvalue weighted by molar-refractivity contribution is -0.135. The SMILES string of the molecule is COC(=O)/C(=C\c1ccccc1)C(=O)c1cc[nH]c1. The van der Waals surface area contributed by atoms with E-state index in [-0.39, 0.29) is 11.4 Å². The van der Waals surface area contributed by atoms with Crippen molar-refractivity contribution in [2.24, 2.45) is 0 Å². The highest BCUT2D eigenvalue weighted by Gasteiger charge is 2.20. The summed E-state index contributed by atoms with van der Waals surface area (Å²) >= 11 is 0. The number of aromatic amines is 1. The Bertz CT molecular complexity index is 598. The van der Waals surface area contributed by atoms with E-state index in [4.69, 9.17) is 0 Å². The van der Waals surface area contributed by atoms with Gasteiger partial charge in [-0.05, 0) is 17.7 Å². The summed E-state index contributed by atoms with van der Waals surface area (Å²) in [6.07, 6.45) is 4.70. The zero-order chi connectivity index (χ0) is 13.7. The van der Waals surface area contributed by atoms with Crippen LogP contribution in [-0.2, 0) is 9.53 Å². The van der Waals surface area contributed by atoms with Gasteiger partial charge in [0, 0.05) is 18.0 Å². The predicted molar refractivity (Wildman–Crippen MR) is 71.6 cm³/mol. The number of H-pyrrole nitrogens is 1. The van der Waals surface area contributed by atoms with Gasteiger partial charge in [0.25, 0.3) is 0 Å². The monoisotopic (exact) mass is 255 g/mol. The van der Waals surface area contributed by atoms with Crippen LogP contribution < -0.4 is 0 Å². The van der Waals surface area contributed by atoms with Crippen LogP contribution >= 0.6 is 0 Å². The molecule has 0 atom stereocenters. The van der Waals surface area contributed by atoms with E-state index in [1.165, 1.54) is 13.2 Å². The lowest BCUT2D eigenvalue weighted by Crippen LogP contribution is -2.14. The highest BCUT2D eigenvalue weighted by atomic mass is 16.5. The molecular weight excluding hydrogens is 242 g/mol. The van der Waals surface area contributed by atoms with Crippen LogP contribution in [-0.4, -0.2) is 23.8 Å². The molecule has 1 N–H and O–H groups in total. The number of benzene rings is 1. The van der Waals surface area contributed by atoms with Crippen LogP contribution in [0.2, 0.25) is 0 Å². The number of esters is 1. The summed E-state index contributed by atoms with van der Waals surface area (Å²) in [6.45, 7) is 0. The van der Waals surface area contributed by atoms with Crippen LogP contribution in [0.5, 0.6) is 0 Å². The lowest BCUT2D eigenvalue weighted by atomic mass is 10.0. The number of hydrogen-bond donors (Lipinski definition) is 1. The van der Waals surface area contributed by atoms with E-state index >= 15 is 0 Å². The molecule has 0 saturated heterocycles. The number of Topliss-reactive ketones (excluding diaryl/α,β-unsaturated/α-hetero) is 1. The number of ether oxygens (including phenoxy) is 1. The fourth-order valence-electron chi connectivity index (χ4n) is 1.66. The third-order valence-electron chi connectivity index (χ3n) is 2.62. The summed E-state index contributed by atoms with van der Waals surface area (Å²) < 4.78 is 4.67. The summed E-state index contributed by atoms with van der Waals surface area (Å²) in [5.74, 6) is -1.01. The molecule has 4 nitrogen and oxygen atoms in total. The van der Waals surface area contributed by atoms with Gasteiger partial charge in [0.1, 0.15) is 5.57 Å². The third kappa shape index (κ3) is 2.98. The van der Waals surface area contributed by atoms with Gasteiger partial charge in [-0.25, -0.2) is 4.79 Å². The Kier molecular flexibility index (Phi) is 3.93. The predicted octanol–water partition coefficient (Wildman–Crippen LogP) is 2.45. The van der Waals surface area contributed by atoms with Crippen molar-refractivity contribution >= 4 is 17.8 Å². The number of carbonyl (C=O) groups excluding carboxylic acids is 2. The van der Waals surface area contributed by atoms with Crippen molar-refractivity contribution in [2.45, 2.75) is 0 Å². The molecule has 0 aliphatic carbocycles. The standard InChI is InChI=1S/C15H13NO3/c1-19-15(18)13(9-11-5-3-2-4-6-11)14(17)12-7-8-16-10-12/h2-10,16H,1H3/b13-9-. The topological polar surface area (TPSA) is 59.2 Å². The van der Waals surface area contributed by atoms with Gasteiger partial charge in [-0.15, -0.1) is 0 Å². The van der Waals surface area contributed by atoms with Crippen LogP contribution in [0.25, 0.3) is 6.08 Å². The van der Waals surface area contributed by atoms with E-state index in [9.17, 15) is 9.59 Å². The van der Waals surface area contributed by atoms with Crippen LogP contribution in [0.3, 0.4) is 0 Å². The molecule has 0 radical (unpaired) electrons. The summed E-state index contributed by atoms with van der Waals surface area (Å²) in [7, 11) is 1.26. The number of rotatable bonds is 4. The summed E-state index contributed by atoms with van der Waals surface area (Å²) in [5, 5.41) is 0. The van der Waals surface area contributed by atoms with E-state index < -0.39 is 5.97 Å². The fraction of sp³-hybridized carbons (Fsp3) is 0.0667. The van der Waals surface area contributed by atoms with Crippen LogP contribution in [0.15, 0.2) is 54.4 Å². The number of nitrogens with one attached hydrogen (secondary N) is 1. The van der Waals surface area contributed by atoms with Crippen molar-refractivity contribution in [1.29, 1.82) is 0 Å². The minimum absolute atomic E-state index is 0.00769. The molecule has 1 aromatic heterocycles. The maximum Gasteiger partial charge on any atom is 0.341 e. The van der Waals surface area contributed by atoms with E-state index in [1.807, 2.05) is 30.3 Å². The number of methoxy groups -OCH3 is 1. The van der Waals surface area contributed by atoms with E-state index in [0.29, 0.717) is 5.56 Å². The minimum atomic E-state index is -0.643. The zero-order valence-corrected chi connectivity index (χ0v) is 10.4. The Hall–Kier alpha value is -2.62. The number of aromatic nitrogens is 1. The zero-order valence-electron chi connectivity index (χ0n) is 10.4. The van der Waals surface area contributed by atoms with E-state index in [0.717, 1.165) is 5.56 Å². The molecule has 2 aromatic rings. The van der Waals surface area contributed by atoms with Crippen molar-refractivity contribution in [3.63, 3.8) is 0 Å². The average Bonchev–Trinajstić information content (AvgIpc) is 2.98. The number of ketones is 1. The second-order valence-corrected chi connectivity index (χ2v) is 3.89. The summed E-state index contributed by atoms with van der Waals surface area (Å²) in [5.41, 5.74) is 1.20. The molecule has 96 valence electrons. The van der Waals surface area contributed by atoms with Crippen LogP contribution in [0, 0.1) is 0 Å². The normalized spacial score (nSPS) is 11.1. The highest BCUT2D eigenvalue weighted by Crippen LogP contribution is 2.14. The molecule has 2 rings (SSSR count). The molecule has 0 saturated carbocycles. The van der Waals surface area contributed by atoms with Gasteiger partial charge >= 0.3 is 5.97 Å². The second kappa shape index (κ2) is 5.82. The summed E-state index contributed by atoms with van der Waals surface area (Å²) in [4.78, 5) is 26.7. The molecule has 19 heavy (non-hydrogen) atoms. The fourth-order valence-corrected chi connectivity index (χ4v) is 1.66. The van der Waals surface area contributed by atoms with Gasteiger partial charge in [-0.2, -0.15) is 0 Å². The first kappa shape index (κ1) is 12.8. The first-order valence-electron chi connectivity index (χ1n) is 5.75. The molecule has 0 aliphatic heterocycles. The lowest BCUT2D eigenvalue weighted by Gasteiger charge is -2.03. The second-order valence-electron chi connectivity index (χ2n) is 3.89. The van der Waals surface area contributed by atoms with Crippen LogP contribution in [0.4, 0.5) is 0 Å². The number of carbonyl (C=O) groups is 2. The quantitative estimate of drug-likeness (QED) is 0.300. The Labute approximate surface area is 110 Å². The Morgan fingerprint density at radius 3 is 2.47 bits per heavy atom. The van der Waals surface area contributed by atoms with Gasteiger partial charge in [0.15, 0.2) is 0 Å². The molecule has 0 amide bonds. The molecule has 0 unspecified atom stereocenters. The summed E-state index contributed by atoms with van der Waals surface area (Å²) in [6, 6.07) is 10.8. The first-order valence-corrected chi connectivity index (χ1v) is 5.75. The van der Waals surface area contributed by atoms with Crippen molar-refractivity contribution in [2.75, 3.05) is 7.11 Å². The Balaban J connectivity index is 2.40. The first-order chi connectivity index (χ1) is 9.22. The van der Waals surface area contributed by atoms with Gasteiger partial charge in [0.2, 0.25) is 5.78 Å². The largest absolute Gasteiger partial charge is 0.465 e. The van der Waals surface area contributed by atoms with Crippen molar-refractivity contribution < 1.29 is 14.3 Å². The van der Waals surface area contributed by atoms with E-state index in [1.54, 1.807) is 18.5 Å². The highest BCUT2D eigenvalue weighted by molar-refractivity contribution is 6.26. The van der Waals surface area contributed by atoms with Gasteiger partial charge in [-0.1, -0.05) is 30.3 Å². The van der Waals surface area contributed by atoms with Gasteiger partial charge in [-0.3, -0.25) is 4.79 Å². The maximum atomic E-state index is 12.2.